The predicted molar refractivity (Wildman–Crippen MR) is 61.0 cm³/mol. The molecule has 80 valence electrons. The maximum Gasteiger partial charge on any atom is 0.225 e. The van der Waals surface area contributed by atoms with E-state index in [-0.39, 0.29) is 11.8 Å². The quantitative estimate of drug-likeness (QED) is 0.755. The largest absolute Gasteiger partial charge is 0.349 e. The van der Waals surface area contributed by atoms with E-state index in [0.29, 0.717) is 5.92 Å². The number of rotatable bonds is 2. The van der Waals surface area contributed by atoms with Crippen LogP contribution in [0.15, 0.2) is 24.3 Å². The maximum absolute atomic E-state index is 11.7. The van der Waals surface area contributed by atoms with Gasteiger partial charge < -0.3 is 4.90 Å². The topological polar surface area (TPSA) is 20.3 Å². The summed E-state index contributed by atoms with van der Waals surface area (Å²) in [5.74, 6) is 0.674. The molecule has 0 spiro atoms. The van der Waals surface area contributed by atoms with Gasteiger partial charge in [0.2, 0.25) is 5.91 Å². The minimum Gasteiger partial charge on any atom is -0.349 e. The predicted octanol–water partition coefficient (Wildman–Crippen LogP) is 2.53. The van der Waals surface area contributed by atoms with Crippen molar-refractivity contribution < 1.29 is 4.79 Å². The van der Waals surface area contributed by atoms with Crippen molar-refractivity contribution in [1.29, 1.82) is 0 Å². The number of carbonyl (C=O) groups is 1. The van der Waals surface area contributed by atoms with Gasteiger partial charge in [-0.05, 0) is 24.0 Å². The number of nitrogens with zero attached hydrogens (tertiary/aromatic N) is 1. The Bertz CT molecular complexity index is 389. The molecule has 0 heterocycles. The van der Waals surface area contributed by atoms with Crippen molar-refractivity contribution in [3.05, 3.63) is 34.9 Å². The third-order valence-electron chi connectivity index (χ3n) is 2.85. The molecule has 15 heavy (non-hydrogen) atoms. The Hall–Kier alpha value is -1.02. The maximum atomic E-state index is 11.7. The monoisotopic (exact) mass is 223 g/mol. The molecule has 1 saturated carbocycles. The molecule has 2 unspecified atom stereocenters. The van der Waals surface area contributed by atoms with Crippen LogP contribution < -0.4 is 0 Å². The van der Waals surface area contributed by atoms with E-state index in [1.165, 1.54) is 0 Å². The second kappa shape index (κ2) is 3.86. The summed E-state index contributed by atoms with van der Waals surface area (Å²) in [6, 6.07) is 7.77. The highest BCUT2D eigenvalue weighted by Crippen LogP contribution is 2.50. The third-order valence-corrected chi connectivity index (χ3v) is 3.20. The lowest BCUT2D eigenvalue weighted by Crippen LogP contribution is -2.23. The fraction of sp³-hybridized carbons (Fsp3) is 0.417. The summed E-state index contributed by atoms with van der Waals surface area (Å²) in [7, 11) is 3.59. The second-order valence-corrected chi connectivity index (χ2v) is 4.61. The van der Waals surface area contributed by atoms with Crippen molar-refractivity contribution in [2.24, 2.45) is 5.92 Å². The summed E-state index contributed by atoms with van der Waals surface area (Å²) in [5, 5.41) is 0.775. The lowest BCUT2D eigenvalue weighted by Gasteiger charge is -2.09. The molecule has 2 rings (SSSR count). The summed E-state index contributed by atoms with van der Waals surface area (Å²) in [5.41, 5.74) is 1.11. The molecule has 0 saturated heterocycles. The van der Waals surface area contributed by atoms with E-state index in [1.54, 1.807) is 19.0 Å². The first kappa shape index (κ1) is 10.5. The zero-order chi connectivity index (χ0) is 11.0. The van der Waals surface area contributed by atoms with Gasteiger partial charge in [0.1, 0.15) is 0 Å². The minimum absolute atomic E-state index is 0.139. The zero-order valence-corrected chi connectivity index (χ0v) is 9.66. The first-order valence-electron chi connectivity index (χ1n) is 5.07. The molecular formula is C12H14ClNO. The van der Waals surface area contributed by atoms with Crippen LogP contribution in [0, 0.1) is 5.92 Å². The van der Waals surface area contributed by atoms with E-state index in [2.05, 4.69) is 0 Å². The van der Waals surface area contributed by atoms with Crippen molar-refractivity contribution in [1.82, 2.24) is 4.90 Å². The fourth-order valence-corrected chi connectivity index (χ4v) is 2.19. The standard InChI is InChI=1S/C12H14ClNO/c1-14(2)12(15)10-7-9(10)8-5-3-4-6-11(8)13/h3-6,9-10H,7H2,1-2H3. The average molecular weight is 224 g/mol. The van der Waals surface area contributed by atoms with Crippen LogP contribution in [-0.2, 0) is 4.79 Å². The number of amides is 1. The molecule has 1 aliphatic carbocycles. The van der Waals surface area contributed by atoms with Gasteiger partial charge in [-0.2, -0.15) is 0 Å². The molecule has 2 nitrogen and oxygen atoms in total. The molecule has 1 aromatic carbocycles. The van der Waals surface area contributed by atoms with Gasteiger partial charge in [-0.3, -0.25) is 4.79 Å². The molecule has 0 aliphatic heterocycles. The highest BCUT2D eigenvalue weighted by Gasteiger charge is 2.45. The second-order valence-electron chi connectivity index (χ2n) is 4.20. The van der Waals surface area contributed by atoms with Crippen molar-refractivity contribution in [2.75, 3.05) is 14.1 Å². The fourth-order valence-electron chi connectivity index (χ4n) is 1.92. The van der Waals surface area contributed by atoms with Crippen LogP contribution in [0.5, 0.6) is 0 Å². The van der Waals surface area contributed by atoms with E-state index >= 15 is 0 Å². The smallest absolute Gasteiger partial charge is 0.225 e. The molecule has 1 aromatic rings. The van der Waals surface area contributed by atoms with E-state index in [4.69, 9.17) is 11.6 Å². The Labute approximate surface area is 94.8 Å². The Morgan fingerprint density at radius 1 is 1.40 bits per heavy atom. The molecule has 0 N–H and O–H groups in total. The van der Waals surface area contributed by atoms with Gasteiger partial charge in [-0.25, -0.2) is 0 Å². The molecule has 1 amide bonds. The number of halogens is 1. The van der Waals surface area contributed by atoms with Gasteiger partial charge in [0.05, 0.1) is 0 Å². The number of benzene rings is 1. The van der Waals surface area contributed by atoms with Crippen molar-refractivity contribution in [3.8, 4) is 0 Å². The van der Waals surface area contributed by atoms with Crippen LogP contribution in [0.1, 0.15) is 17.9 Å². The highest BCUT2D eigenvalue weighted by molar-refractivity contribution is 6.31. The minimum atomic E-state index is 0.139. The lowest BCUT2D eigenvalue weighted by molar-refractivity contribution is -0.130. The summed E-state index contributed by atoms with van der Waals surface area (Å²) in [4.78, 5) is 13.3. The average Bonchev–Trinajstić information content (AvgIpc) is 2.97. The van der Waals surface area contributed by atoms with Gasteiger partial charge in [0.15, 0.2) is 0 Å². The molecule has 0 bridgehead atoms. The molecule has 2 atom stereocenters. The summed E-state index contributed by atoms with van der Waals surface area (Å²) < 4.78 is 0. The first-order valence-corrected chi connectivity index (χ1v) is 5.44. The van der Waals surface area contributed by atoms with Gasteiger partial charge in [-0.1, -0.05) is 29.8 Å². The van der Waals surface area contributed by atoms with E-state index < -0.39 is 0 Å². The molecule has 3 heteroatoms. The number of carbonyl (C=O) groups excluding carboxylic acids is 1. The molecule has 0 radical (unpaired) electrons. The van der Waals surface area contributed by atoms with Crippen LogP contribution in [-0.4, -0.2) is 24.9 Å². The lowest BCUT2D eigenvalue weighted by atomic mass is 10.1. The first-order chi connectivity index (χ1) is 7.11. The summed E-state index contributed by atoms with van der Waals surface area (Å²) >= 11 is 6.08. The number of hydrogen-bond donors (Lipinski definition) is 0. The Morgan fingerprint density at radius 3 is 2.67 bits per heavy atom. The van der Waals surface area contributed by atoms with Gasteiger partial charge >= 0.3 is 0 Å². The molecular weight excluding hydrogens is 210 g/mol. The van der Waals surface area contributed by atoms with Crippen LogP contribution >= 0.6 is 11.6 Å². The van der Waals surface area contributed by atoms with Gasteiger partial charge in [-0.15, -0.1) is 0 Å². The summed E-state index contributed by atoms with van der Waals surface area (Å²) in [6.45, 7) is 0. The van der Waals surface area contributed by atoms with Crippen LogP contribution in [0.2, 0.25) is 5.02 Å². The van der Waals surface area contributed by atoms with E-state index in [1.807, 2.05) is 24.3 Å². The third kappa shape index (κ3) is 2.00. The molecule has 1 aliphatic rings. The van der Waals surface area contributed by atoms with Crippen LogP contribution in [0.4, 0.5) is 0 Å². The van der Waals surface area contributed by atoms with Crippen molar-refractivity contribution in [2.45, 2.75) is 12.3 Å². The SMILES string of the molecule is CN(C)C(=O)C1CC1c1ccccc1Cl. The van der Waals surface area contributed by atoms with E-state index in [0.717, 1.165) is 17.0 Å². The molecule has 1 fully saturated rings. The van der Waals surface area contributed by atoms with Gasteiger partial charge in [0, 0.05) is 25.0 Å². The van der Waals surface area contributed by atoms with Gasteiger partial charge in [0.25, 0.3) is 0 Å². The van der Waals surface area contributed by atoms with E-state index in [9.17, 15) is 4.79 Å². The Morgan fingerprint density at radius 2 is 2.07 bits per heavy atom. The van der Waals surface area contributed by atoms with Crippen molar-refractivity contribution >= 4 is 17.5 Å². The molecule has 0 aromatic heterocycles. The van der Waals surface area contributed by atoms with Crippen LogP contribution in [0.25, 0.3) is 0 Å². The zero-order valence-electron chi connectivity index (χ0n) is 8.90. The highest BCUT2D eigenvalue weighted by atomic mass is 35.5. The van der Waals surface area contributed by atoms with Crippen molar-refractivity contribution in [3.63, 3.8) is 0 Å². The number of hydrogen-bond acceptors (Lipinski definition) is 1. The normalized spacial score (nSPS) is 23.7. The Kier molecular flexibility index (Phi) is 2.70. The van der Waals surface area contributed by atoms with Crippen LogP contribution in [0.3, 0.4) is 0 Å². The Balaban J connectivity index is 2.12. The summed E-state index contributed by atoms with van der Waals surface area (Å²) in [6.07, 6.45) is 0.931.